The molecule has 0 aromatic heterocycles. The smallest absolute Gasteiger partial charge is 0.282 e. The van der Waals surface area contributed by atoms with E-state index in [1.165, 1.54) is 5.01 Å². The van der Waals surface area contributed by atoms with Crippen LogP contribution in [0.4, 0.5) is 5.69 Å². The fourth-order valence-corrected chi connectivity index (χ4v) is 4.44. The third-order valence-corrected chi connectivity index (χ3v) is 6.21. The molecule has 6 nitrogen and oxygen atoms in total. The highest BCUT2D eigenvalue weighted by molar-refractivity contribution is 6.31. The number of fused-ring (bicyclic) bond motifs is 1. The van der Waals surface area contributed by atoms with Gasteiger partial charge < -0.3 is 9.47 Å². The second-order valence-corrected chi connectivity index (χ2v) is 8.61. The van der Waals surface area contributed by atoms with E-state index >= 15 is 0 Å². The van der Waals surface area contributed by atoms with E-state index in [-0.39, 0.29) is 5.57 Å². The molecule has 0 atom stereocenters. The van der Waals surface area contributed by atoms with Crippen LogP contribution in [0, 0.1) is 0 Å². The first-order valence-electron chi connectivity index (χ1n) is 11.9. The first kappa shape index (κ1) is 23.9. The third-order valence-electron chi connectivity index (χ3n) is 6.21. The van der Waals surface area contributed by atoms with Crippen LogP contribution in [0.15, 0.2) is 103 Å². The number of ether oxygens (including phenoxy) is 2. The molecular weight excluding hydrogens is 464 g/mol. The zero-order chi connectivity index (χ0) is 25.8. The predicted molar refractivity (Wildman–Crippen MR) is 145 cm³/mol. The Hall–Kier alpha value is -4.84. The van der Waals surface area contributed by atoms with Crippen molar-refractivity contribution in [1.29, 1.82) is 0 Å². The molecule has 1 heterocycles. The molecule has 1 aliphatic rings. The van der Waals surface area contributed by atoms with Crippen molar-refractivity contribution in [3.63, 3.8) is 0 Å². The number of amides is 2. The van der Waals surface area contributed by atoms with Gasteiger partial charge in [0.1, 0.15) is 12.2 Å². The average molecular weight is 491 g/mol. The van der Waals surface area contributed by atoms with Crippen molar-refractivity contribution in [3.8, 4) is 11.5 Å². The summed E-state index contributed by atoms with van der Waals surface area (Å²) in [5, 5.41) is 3.52. The first-order chi connectivity index (χ1) is 18.1. The number of rotatable bonds is 8. The second-order valence-electron chi connectivity index (χ2n) is 8.61. The van der Waals surface area contributed by atoms with Crippen molar-refractivity contribution < 1.29 is 19.1 Å². The molecule has 1 aliphatic heterocycles. The quantitative estimate of drug-likeness (QED) is 0.198. The number of carbonyl (C=O) groups is 2. The number of hydrazine groups is 1. The number of methoxy groups -OCH3 is 1. The van der Waals surface area contributed by atoms with E-state index in [0.29, 0.717) is 35.8 Å². The van der Waals surface area contributed by atoms with Crippen LogP contribution in [-0.4, -0.2) is 18.9 Å². The van der Waals surface area contributed by atoms with E-state index in [4.69, 9.17) is 9.47 Å². The van der Waals surface area contributed by atoms with Gasteiger partial charge in [-0.2, -0.15) is 0 Å². The molecular formula is C31H26N2O4. The SMILES string of the molecule is C=CCc1cc(/C=C2/C(=O)NN(c3ccccc3)C2=O)cc(OC)c1OCc1cccc2ccccc12. The van der Waals surface area contributed by atoms with Gasteiger partial charge in [-0.25, -0.2) is 5.01 Å². The van der Waals surface area contributed by atoms with Gasteiger partial charge in [0.05, 0.1) is 12.8 Å². The highest BCUT2D eigenvalue weighted by Crippen LogP contribution is 2.36. The lowest BCUT2D eigenvalue weighted by atomic mass is 10.0. The Morgan fingerprint density at radius 3 is 2.46 bits per heavy atom. The van der Waals surface area contributed by atoms with E-state index < -0.39 is 11.8 Å². The van der Waals surface area contributed by atoms with Crippen LogP contribution in [0.2, 0.25) is 0 Å². The van der Waals surface area contributed by atoms with Crippen molar-refractivity contribution in [1.82, 2.24) is 5.43 Å². The van der Waals surface area contributed by atoms with Crippen LogP contribution in [-0.2, 0) is 22.6 Å². The lowest BCUT2D eigenvalue weighted by Crippen LogP contribution is -2.35. The van der Waals surface area contributed by atoms with Gasteiger partial charge in [0, 0.05) is 5.56 Å². The number of para-hydroxylation sites is 1. The summed E-state index contributed by atoms with van der Waals surface area (Å²) < 4.78 is 12.0. The van der Waals surface area contributed by atoms with E-state index in [0.717, 1.165) is 21.9 Å². The van der Waals surface area contributed by atoms with E-state index in [1.54, 1.807) is 49.6 Å². The zero-order valence-corrected chi connectivity index (χ0v) is 20.4. The monoisotopic (exact) mass is 490 g/mol. The molecule has 0 radical (unpaired) electrons. The van der Waals surface area contributed by atoms with Crippen LogP contribution < -0.4 is 19.9 Å². The topological polar surface area (TPSA) is 67.9 Å². The van der Waals surface area contributed by atoms with Gasteiger partial charge in [0.15, 0.2) is 11.5 Å². The average Bonchev–Trinajstić information content (AvgIpc) is 3.21. The standard InChI is InChI=1S/C31H26N2O4/c1-3-10-23-17-21(18-27-30(34)32-33(31(27)35)25-14-5-4-6-15-25)19-28(36-2)29(23)37-20-24-13-9-12-22-11-7-8-16-26(22)24/h3-9,11-19H,1,10,20H2,2H3,(H,32,34)/b27-18-. The van der Waals surface area contributed by atoms with E-state index in [1.807, 2.05) is 36.4 Å². The van der Waals surface area contributed by atoms with E-state index in [9.17, 15) is 9.59 Å². The summed E-state index contributed by atoms with van der Waals surface area (Å²) in [6.07, 6.45) is 3.87. The van der Waals surface area contributed by atoms with Gasteiger partial charge in [0.25, 0.3) is 11.8 Å². The minimum atomic E-state index is -0.464. The highest BCUT2D eigenvalue weighted by atomic mass is 16.5. The van der Waals surface area contributed by atoms with Crippen LogP contribution >= 0.6 is 0 Å². The fourth-order valence-electron chi connectivity index (χ4n) is 4.44. The summed E-state index contributed by atoms with van der Waals surface area (Å²) in [4.78, 5) is 25.7. The fraction of sp³-hybridized carbons (Fsp3) is 0.0968. The lowest BCUT2D eigenvalue weighted by Gasteiger charge is -2.17. The maximum Gasteiger partial charge on any atom is 0.282 e. The van der Waals surface area contributed by atoms with Crippen molar-refractivity contribution in [2.75, 3.05) is 12.1 Å². The second kappa shape index (κ2) is 10.4. The van der Waals surface area contributed by atoms with E-state index in [2.05, 4.69) is 30.2 Å². The van der Waals surface area contributed by atoms with Crippen LogP contribution in [0.5, 0.6) is 11.5 Å². The minimum absolute atomic E-state index is 0.0416. The normalized spacial score (nSPS) is 14.2. The molecule has 2 amide bonds. The predicted octanol–water partition coefficient (Wildman–Crippen LogP) is 5.62. The number of nitrogens with one attached hydrogen (secondary N) is 1. The van der Waals surface area contributed by atoms with Crippen molar-refractivity contribution in [2.24, 2.45) is 0 Å². The number of benzene rings is 4. The molecule has 184 valence electrons. The van der Waals surface area contributed by atoms with Crippen molar-refractivity contribution in [2.45, 2.75) is 13.0 Å². The number of carbonyl (C=O) groups excluding carboxylic acids is 2. The maximum atomic E-state index is 13.0. The molecule has 1 fully saturated rings. The van der Waals surface area contributed by atoms with Crippen molar-refractivity contribution >= 4 is 34.4 Å². The molecule has 6 heteroatoms. The first-order valence-corrected chi connectivity index (χ1v) is 11.9. The largest absolute Gasteiger partial charge is 0.493 e. The maximum absolute atomic E-state index is 13.0. The minimum Gasteiger partial charge on any atom is -0.493 e. The van der Waals surface area contributed by atoms with Crippen LogP contribution in [0.3, 0.4) is 0 Å². The van der Waals surface area contributed by atoms with Crippen LogP contribution in [0.25, 0.3) is 16.8 Å². The molecule has 0 bridgehead atoms. The summed E-state index contributed by atoms with van der Waals surface area (Å²) in [6, 6.07) is 26.9. The molecule has 1 N–H and O–H groups in total. The Kier molecular flexibility index (Phi) is 6.72. The molecule has 4 aromatic carbocycles. The Bertz CT molecular complexity index is 1520. The van der Waals surface area contributed by atoms with Gasteiger partial charge in [-0.3, -0.25) is 15.0 Å². The highest BCUT2D eigenvalue weighted by Gasteiger charge is 2.34. The number of nitrogens with zero attached hydrogens (tertiary/aromatic N) is 1. The molecule has 0 aliphatic carbocycles. The summed E-state index contributed by atoms with van der Waals surface area (Å²) in [7, 11) is 1.57. The molecule has 0 spiro atoms. The Morgan fingerprint density at radius 2 is 1.68 bits per heavy atom. The number of hydrogen-bond donors (Lipinski definition) is 1. The number of anilines is 1. The Balaban J connectivity index is 1.47. The van der Waals surface area contributed by atoms with Crippen molar-refractivity contribution in [3.05, 3.63) is 120 Å². The van der Waals surface area contributed by atoms with Crippen LogP contribution in [0.1, 0.15) is 16.7 Å². The summed E-state index contributed by atoms with van der Waals surface area (Å²) in [5.41, 5.74) is 5.81. The van der Waals surface area contributed by atoms with Gasteiger partial charge >= 0.3 is 0 Å². The lowest BCUT2D eigenvalue weighted by molar-refractivity contribution is -0.117. The summed E-state index contributed by atoms with van der Waals surface area (Å²) in [6.45, 7) is 4.23. The number of hydrogen-bond acceptors (Lipinski definition) is 4. The van der Waals surface area contributed by atoms with Gasteiger partial charge in [-0.05, 0) is 58.7 Å². The van der Waals surface area contributed by atoms with Gasteiger partial charge in [-0.1, -0.05) is 66.7 Å². The molecule has 1 saturated heterocycles. The van der Waals surface area contributed by atoms with Gasteiger partial charge in [-0.15, -0.1) is 6.58 Å². The molecule has 4 aromatic rings. The zero-order valence-electron chi connectivity index (χ0n) is 20.4. The molecule has 37 heavy (non-hydrogen) atoms. The molecule has 0 saturated carbocycles. The summed E-state index contributed by atoms with van der Waals surface area (Å²) in [5.74, 6) is 0.230. The summed E-state index contributed by atoms with van der Waals surface area (Å²) >= 11 is 0. The molecule has 0 unspecified atom stereocenters. The Labute approximate surface area is 215 Å². The molecule has 5 rings (SSSR count). The third kappa shape index (κ3) is 4.82. The number of allylic oxidation sites excluding steroid dienone is 1. The van der Waals surface area contributed by atoms with Gasteiger partial charge in [0.2, 0.25) is 0 Å². The Morgan fingerprint density at radius 1 is 0.919 bits per heavy atom.